The normalized spacial score (nSPS) is 10.7. The molecule has 1 N–H and O–H groups in total. The van der Waals surface area contributed by atoms with Crippen molar-refractivity contribution in [2.75, 3.05) is 11.9 Å². The molecule has 2 heterocycles. The van der Waals surface area contributed by atoms with E-state index in [4.69, 9.17) is 16.1 Å². The number of rotatable bonds is 4. The minimum absolute atomic E-state index is 0.473. The summed E-state index contributed by atoms with van der Waals surface area (Å²) in [5.41, 5.74) is 2.88. The zero-order valence-corrected chi connectivity index (χ0v) is 13.5. The highest BCUT2D eigenvalue weighted by Crippen LogP contribution is 2.31. The molecule has 0 saturated heterocycles. The molecule has 3 aromatic rings. The number of nitriles is 1. The number of nitrogens with one attached hydrogen (secondary N) is 1. The summed E-state index contributed by atoms with van der Waals surface area (Å²) in [6, 6.07) is 5.98. The second kappa shape index (κ2) is 6.23. The molecular weight excluding hydrogens is 314 g/mol. The molecule has 1 aromatic carbocycles. The van der Waals surface area contributed by atoms with Crippen LogP contribution in [0, 0.1) is 25.2 Å². The largest absolute Gasteiger partial charge is 0.383 e. The van der Waals surface area contributed by atoms with Gasteiger partial charge in [0.2, 0.25) is 5.89 Å². The molecular formula is C16H14ClN5O. The molecule has 0 bridgehead atoms. The summed E-state index contributed by atoms with van der Waals surface area (Å²) in [5, 5.41) is 17.8. The lowest BCUT2D eigenvalue weighted by Gasteiger charge is -2.12. The number of fused-ring (bicyclic) bond motifs is 1. The van der Waals surface area contributed by atoms with Crippen LogP contribution in [0.2, 0.25) is 5.02 Å². The minimum Gasteiger partial charge on any atom is -0.383 e. The van der Waals surface area contributed by atoms with Crippen molar-refractivity contribution in [1.82, 2.24) is 15.1 Å². The van der Waals surface area contributed by atoms with Crippen LogP contribution < -0.4 is 5.32 Å². The van der Waals surface area contributed by atoms with Gasteiger partial charge in [-0.15, -0.1) is 0 Å². The molecule has 23 heavy (non-hydrogen) atoms. The van der Waals surface area contributed by atoms with E-state index >= 15 is 0 Å². The molecule has 0 saturated carbocycles. The third kappa shape index (κ3) is 3.10. The van der Waals surface area contributed by atoms with Crippen LogP contribution in [0.1, 0.15) is 22.8 Å². The van der Waals surface area contributed by atoms with Gasteiger partial charge < -0.3 is 9.84 Å². The molecule has 0 spiro atoms. The van der Waals surface area contributed by atoms with Gasteiger partial charge in [0.25, 0.3) is 0 Å². The zero-order valence-electron chi connectivity index (χ0n) is 12.7. The van der Waals surface area contributed by atoms with Crippen molar-refractivity contribution >= 4 is 28.2 Å². The van der Waals surface area contributed by atoms with Crippen LogP contribution in [0.25, 0.3) is 10.9 Å². The van der Waals surface area contributed by atoms with Crippen LogP contribution in [-0.2, 0) is 6.42 Å². The van der Waals surface area contributed by atoms with Gasteiger partial charge in [-0.3, -0.25) is 4.98 Å². The van der Waals surface area contributed by atoms with E-state index in [0.717, 1.165) is 16.6 Å². The van der Waals surface area contributed by atoms with E-state index in [9.17, 15) is 5.26 Å². The maximum absolute atomic E-state index is 9.33. The Kier molecular flexibility index (Phi) is 4.13. The average molecular weight is 328 g/mol. The van der Waals surface area contributed by atoms with Crippen LogP contribution in [0.5, 0.6) is 0 Å². The van der Waals surface area contributed by atoms with Gasteiger partial charge in [0, 0.05) is 24.5 Å². The number of halogens is 1. The number of aryl methyl sites for hydroxylation is 2. The van der Waals surface area contributed by atoms with Gasteiger partial charge in [-0.25, -0.2) is 0 Å². The monoisotopic (exact) mass is 327 g/mol. The molecule has 0 fully saturated rings. The van der Waals surface area contributed by atoms with Crippen molar-refractivity contribution in [3.63, 3.8) is 0 Å². The Morgan fingerprint density at radius 3 is 2.87 bits per heavy atom. The zero-order chi connectivity index (χ0) is 16.4. The Labute approximate surface area is 138 Å². The van der Waals surface area contributed by atoms with Crippen LogP contribution in [-0.4, -0.2) is 21.7 Å². The standard InChI is InChI=1S/C16H14ClN5O/c1-9-5-12-15(19-4-3-14-21-10(2)22-23-14)11(7-18)8-20-16(12)13(17)6-9/h5-6,8H,3-4H2,1-2H3,(H,19,20). The van der Waals surface area contributed by atoms with Crippen LogP contribution in [0.15, 0.2) is 22.9 Å². The van der Waals surface area contributed by atoms with E-state index in [-0.39, 0.29) is 0 Å². The molecule has 116 valence electrons. The number of hydrogen-bond acceptors (Lipinski definition) is 6. The second-order valence-electron chi connectivity index (χ2n) is 5.21. The molecule has 0 amide bonds. The summed E-state index contributed by atoms with van der Waals surface area (Å²) < 4.78 is 5.08. The Morgan fingerprint density at radius 1 is 1.35 bits per heavy atom. The first-order valence-corrected chi connectivity index (χ1v) is 7.48. The lowest BCUT2D eigenvalue weighted by molar-refractivity contribution is 0.377. The van der Waals surface area contributed by atoms with Gasteiger partial charge in [-0.1, -0.05) is 16.8 Å². The number of anilines is 1. The third-order valence-electron chi connectivity index (χ3n) is 3.40. The Bertz CT molecular complexity index is 913. The second-order valence-corrected chi connectivity index (χ2v) is 5.62. The molecule has 6 nitrogen and oxygen atoms in total. The fourth-order valence-corrected chi connectivity index (χ4v) is 2.73. The molecule has 0 radical (unpaired) electrons. The number of nitrogens with zero attached hydrogens (tertiary/aromatic N) is 4. The molecule has 0 unspecified atom stereocenters. The average Bonchev–Trinajstić information content (AvgIpc) is 2.93. The first-order chi connectivity index (χ1) is 11.1. The van der Waals surface area contributed by atoms with Gasteiger partial charge in [0.1, 0.15) is 6.07 Å². The van der Waals surface area contributed by atoms with Crippen molar-refractivity contribution in [3.8, 4) is 6.07 Å². The van der Waals surface area contributed by atoms with Gasteiger partial charge >= 0.3 is 0 Å². The van der Waals surface area contributed by atoms with Gasteiger partial charge in [0.05, 0.1) is 21.8 Å². The molecule has 0 aliphatic heterocycles. The maximum Gasteiger partial charge on any atom is 0.228 e. The maximum atomic E-state index is 9.33. The van der Waals surface area contributed by atoms with Crippen LogP contribution in [0.4, 0.5) is 5.69 Å². The van der Waals surface area contributed by atoms with E-state index in [1.54, 1.807) is 6.92 Å². The summed E-state index contributed by atoms with van der Waals surface area (Å²) in [5.74, 6) is 1.16. The lowest BCUT2D eigenvalue weighted by atomic mass is 10.1. The van der Waals surface area contributed by atoms with Gasteiger partial charge in [-0.05, 0) is 31.5 Å². The predicted molar refractivity (Wildman–Crippen MR) is 87.4 cm³/mol. The smallest absolute Gasteiger partial charge is 0.228 e. The van der Waals surface area contributed by atoms with Crippen molar-refractivity contribution < 1.29 is 4.52 Å². The van der Waals surface area contributed by atoms with Crippen molar-refractivity contribution in [1.29, 1.82) is 5.26 Å². The lowest BCUT2D eigenvalue weighted by Crippen LogP contribution is -2.07. The van der Waals surface area contributed by atoms with Crippen molar-refractivity contribution in [2.24, 2.45) is 0 Å². The predicted octanol–water partition coefficient (Wildman–Crippen LogP) is 3.41. The van der Waals surface area contributed by atoms with Crippen LogP contribution in [0.3, 0.4) is 0 Å². The topological polar surface area (TPSA) is 87.6 Å². The molecule has 2 aromatic heterocycles. The summed E-state index contributed by atoms with van der Waals surface area (Å²) >= 11 is 6.26. The van der Waals surface area contributed by atoms with E-state index < -0.39 is 0 Å². The summed E-state index contributed by atoms with van der Waals surface area (Å²) in [6.45, 7) is 4.28. The summed E-state index contributed by atoms with van der Waals surface area (Å²) in [4.78, 5) is 8.45. The first-order valence-electron chi connectivity index (χ1n) is 7.10. The molecule has 0 aliphatic rings. The number of pyridine rings is 1. The Hall–Kier alpha value is -2.65. The van der Waals surface area contributed by atoms with E-state index in [1.807, 2.05) is 19.1 Å². The van der Waals surface area contributed by atoms with Gasteiger partial charge in [-0.2, -0.15) is 10.2 Å². The molecule has 7 heteroatoms. The summed E-state index contributed by atoms with van der Waals surface area (Å²) in [6.07, 6.45) is 2.10. The van der Waals surface area contributed by atoms with E-state index in [1.165, 1.54) is 6.20 Å². The van der Waals surface area contributed by atoms with Crippen molar-refractivity contribution in [2.45, 2.75) is 20.3 Å². The highest BCUT2D eigenvalue weighted by Gasteiger charge is 2.12. The third-order valence-corrected chi connectivity index (χ3v) is 3.69. The quantitative estimate of drug-likeness (QED) is 0.790. The van der Waals surface area contributed by atoms with E-state index in [0.29, 0.717) is 40.8 Å². The highest BCUT2D eigenvalue weighted by molar-refractivity contribution is 6.35. The minimum atomic E-state index is 0.473. The fraction of sp³-hybridized carbons (Fsp3) is 0.250. The van der Waals surface area contributed by atoms with Crippen molar-refractivity contribution in [3.05, 3.63) is 46.2 Å². The summed E-state index contributed by atoms with van der Waals surface area (Å²) in [7, 11) is 0. The van der Waals surface area contributed by atoms with Gasteiger partial charge in [0.15, 0.2) is 5.82 Å². The SMILES string of the molecule is Cc1cc(Cl)c2ncc(C#N)c(NCCc3nc(C)no3)c2c1. The highest BCUT2D eigenvalue weighted by atomic mass is 35.5. The van der Waals surface area contributed by atoms with Crippen LogP contribution >= 0.6 is 11.6 Å². The fourth-order valence-electron chi connectivity index (χ4n) is 2.41. The Balaban J connectivity index is 1.93. The molecule has 0 aliphatic carbocycles. The molecule has 0 atom stereocenters. The first kappa shape index (κ1) is 15.3. The Morgan fingerprint density at radius 2 is 2.17 bits per heavy atom. The van der Waals surface area contributed by atoms with E-state index in [2.05, 4.69) is 26.5 Å². The number of hydrogen-bond donors (Lipinski definition) is 1. The molecule has 3 rings (SSSR count). The number of benzene rings is 1. The number of aromatic nitrogens is 3.